The molecule has 2 aliphatic rings. The number of rotatable bonds is 3. The van der Waals surface area contributed by atoms with Gasteiger partial charge in [0.05, 0.1) is 22.7 Å². The molecule has 2 heterocycles. The van der Waals surface area contributed by atoms with Crippen LogP contribution in [0.25, 0.3) is 22.2 Å². The number of hydrogen-bond donors (Lipinski definition) is 0. The normalized spacial score (nSPS) is 18.9. The fraction of sp³-hybridized carbons (Fsp3) is 0.417. The summed E-state index contributed by atoms with van der Waals surface area (Å²) < 4.78 is 2.43. The van der Waals surface area contributed by atoms with E-state index in [9.17, 15) is 0 Å². The van der Waals surface area contributed by atoms with Gasteiger partial charge < -0.3 is 4.57 Å². The van der Waals surface area contributed by atoms with Gasteiger partial charge in [0, 0.05) is 32.1 Å². The highest BCUT2D eigenvalue weighted by molar-refractivity contribution is 5.83. The van der Waals surface area contributed by atoms with Crippen LogP contribution in [0, 0.1) is 17.2 Å². The third kappa shape index (κ3) is 3.00. The number of benzene rings is 2. The Morgan fingerprint density at radius 3 is 2.54 bits per heavy atom. The molecule has 4 nitrogen and oxygen atoms in total. The zero-order valence-electron chi connectivity index (χ0n) is 16.4. The van der Waals surface area contributed by atoms with E-state index in [1.807, 2.05) is 24.3 Å². The lowest BCUT2D eigenvalue weighted by molar-refractivity contribution is 0.110. The molecular weight excluding hydrogens is 344 g/mol. The Morgan fingerprint density at radius 2 is 1.82 bits per heavy atom. The maximum atomic E-state index is 9.02. The minimum absolute atomic E-state index is 0.693. The Hall–Kier alpha value is -2.64. The first kappa shape index (κ1) is 17.5. The second-order valence-electron chi connectivity index (χ2n) is 8.29. The predicted molar refractivity (Wildman–Crippen MR) is 112 cm³/mol. The molecule has 0 saturated heterocycles. The van der Waals surface area contributed by atoms with Gasteiger partial charge in [0.1, 0.15) is 5.82 Å². The van der Waals surface area contributed by atoms with Crippen LogP contribution in [0.5, 0.6) is 0 Å². The number of nitriles is 1. The zero-order valence-corrected chi connectivity index (χ0v) is 16.4. The third-order valence-electron chi connectivity index (χ3n) is 6.82. The van der Waals surface area contributed by atoms with Crippen LogP contribution in [-0.2, 0) is 13.0 Å². The van der Waals surface area contributed by atoms with Crippen molar-refractivity contribution in [3.05, 3.63) is 53.9 Å². The summed E-state index contributed by atoms with van der Waals surface area (Å²) in [5.41, 5.74) is 5.35. The largest absolute Gasteiger partial charge is 0.327 e. The Morgan fingerprint density at radius 1 is 1.04 bits per heavy atom. The van der Waals surface area contributed by atoms with Crippen molar-refractivity contribution >= 4 is 11.0 Å². The van der Waals surface area contributed by atoms with Gasteiger partial charge in [-0.25, -0.2) is 4.98 Å². The molecule has 1 aromatic heterocycles. The van der Waals surface area contributed by atoms with E-state index in [2.05, 4.69) is 40.7 Å². The summed E-state index contributed by atoms with van der Waals surface area (Å²) in [6.07, 6.45) is 5.24. The van der Waals surface area contributed by atoms with Crippen molar-refractivity contribution in [3.8, 4) is 17.2 Å². The predicted octanol–water partition coefficient (Wildman–Crippen LogP) is 4.62. The Labute approximate surface area is 166 Å². The zero-order chi connectivity index (χ0) is 19.1. The van der Waals surface area contributed by atoms with E-state index in [1.54, 1.807) is 0 Å². The number of nitrogens with zero attached hydrogens (tertiary/aromatic N) is 4. The van der Waals surface area contributed by atoms with Crippen LogP contribution in [0.4, 0.5) is 0 Å². The minimum Gasteiger partial charge on any atom is -0.327 e. The molecule has 1 aliphatic heterocycles. The van der Waals surface area contributed by atoms with E-state index in [1.165, 1.54) is 36.2 Å². The molecule has 1 fully saturated rings. The van der Waals surface area contributed by atoms with Crippen molar-refractivity contribution < 1.29 is 0 Å². The van der Waals surface area contributed by atoms with Gasteiger partial charge in [-0.3, -0.25) is 4.90 Å². The number of hydrogen-bond acceptors (Lipinski definition) is 3. The van der Waals surface area contributed by atoms with Crippen molar-refractivity contribution in [3.63, 3.8) is 0 Å². The van der Waals surface area contributed by atoms with Gasteiger partial charge in [-0.2, -0.15) is 5.26 Å². The first-order valence-corrected chi connectivity index (χ1v) is 10.5. The number of fused-ring (bicyclic) bond motifs is 3. The lowest BCUT2D eigenvalue weighted by atomic mass is 9.80. The summed E-state index contributed by atoms with van der Waals surface area (Å²) in [5.74, 6) is 2.11. The van der Waals surface area contributed by atoms with Gasteiger partial charge >= 0.3 is 0 Å². The molecule has 28 heavy (non-hydrogen) atoms. The summed E-state index contributed by atoms with van der Waals surface area (Å²) in [6, 6.07) is 17.3. The van der Waals surface area contributed by atoms with Crippen LogP contribution in [0.2, 0.25) is 0 Å². The molecule has 1 unspecified atom stereocenters. The molecule has 4 heteroatoms. The summed E-state index contributed by atoms with van der Waals surface area (Å²) in [4.78, 5) is 7.62. The van der Waals surface area contributed by atoms with Gasteiger partial charge in [0.15, 0.2) is 0 Å². The van der Waals surface area contributed by atoms with Crippen LogP contribution < -0.4 is 0 Å². The van der Waals surface area contributed by atoms with E-state index < -0.39 is 0 Å². The molecule has 0 bridgehead atoms. The molecule has 1 aliphatic carbocycles. The first-order valence-electron chi connectivity index (χ1n) is 10.5. The lowest BCUT2D eigenvalue weighted by Gasteiger charge is -2.38. The van der Waals surface area contributed by atoms with E-state index in [0.717, 1.165) is 43.1 Å². The van der Waals surface area contributed by atoms with E-state index in [4.69, 9.17) is 10.2 Å². The van der Waals surface area contributed by atoms with Crippen LogP contribution in [0.3, 0.4) is 0 Å². The second kappa shape index (κ2) is 7.07. The van der Waals surface area contributed by atoms with Crippen LogP contribution in [-0.4, -0.2) is 33.6 Å². The molecule has 0 N–H and O–H groups in total. The molecular formula is C24H26N4. The average Bonchev–Trinajstić information content (AvgIpc) is 2.89. The second-order valence-corrected chi connectivity index (χ2v) is 8.29. The molecule has 0 spiro atoms. The fourth-order valence-electron chi connectivity index (χ4n) is 4.74. The quantitative estimate of drug-likeness (QED) is 0.676. The first-order chi connectivity index (χ1) is 13.7. The molecule has 0 radical (unpaired) electrons. The highest BCUT2D eigenvalue weighted by atomic mass is 15.2. The smallest absolute Gasteiger partial charge is 0.111 e. The van der Waals surface area contributed by atoms with E-state index >= 15 is 0 Å². The average molecular weight is 371 g/mol. The number of imidazole rings is 1. The molecule has 5 rings (SSSR count). The molecule has 142 valence electrons. The summed E-state index contributed by atoms with van der Waals surface area (Å²) in [7, 11) is 0. The summed E-state index contributed by atoms with van der Waals surface area (Å²) in [5, 5.41) is 9.02. The standard InChI is InChI=1S/C24H26N4/c1-17(19-3-2-4-19)27-12-11-24-26-22-10-9-21(15-23(22)28(24)14-13-27)20-7-5-18(16-25)6-8-20/h5-10,15,17,19H,2-4,11-14H2,1H3. The van der Waals surface area contributed by atoms with Gasteiger partial charge in [0.25, 0.3) is 0 Å². The topological polar surface area (TPSA) is 44.9 Å². The van der Waals surface area contributed by atoms with Crippen molar-refractivity contribution in [2.75, 3.05) is 13.1 Å². The molecule has 3 aromatic rings. The molecule has 1 atom stereocenters. The molecule has 1 saturated carbocycles. The van der Waals surface area contributed by atoms with Crippen LogP contribution >= 0.6 is 0 Å². The van der Waals surface area contributed by atoms with Gasteiger partial charge in [-0.1, -0.05) is 24.6 Å². The fourth-order valence-corrected chi connectivity index (χ4v) is 4.74. The maximum Gasteiger partial charge on any atom is 0.111 e. The van der Waals surface area contributed by atoms with Crippen molar-refractivity contribution in [2.24, 2.45) is 5.92 Å². The Balaban J connectivity index is 1.43. The summed E-state index contributed by atoms with van der Waals surface area (Å²) >= 11 is 0. The van der Waals surface area contributed by atoms with Crippen LogP contribution in [0.15, 0.2) is 42.5 Å². The SMILES string of the molecule is CC(C1CCC1)N1CCc2nc3ccc(-c4ccc(C#N)cc4)cc3n2CC1. The lowest BCUT2D eigenvalue weighted by Crippen LogP contribution is -2.42. The minimum atomic E-state index is 0.693. The van der Waals surface area contributed by atoms with Crippen molar-refractivity contribution in [2.45, 2.75) is 45.2 Å². The van der Waals surface area contributed by atoms with Crippen molar-refractivity contribution in [1.29, 1.82) is 5.26 Å². The van der Waals surface area contributed by atoms with Crippen LogP contribution in [0.1, 0.15) is 37.6 Å². The van der Waals surface area contributed by atoms with Gasteiger partial charge in [-0.15, -0.1) is 0 Å². The molecule has 2 aromatic carbocycles. The van der Waals surface area contributed by atoms with E-state index in [-0.39, 0.29) is 0 Å². The van der Waals surface area contributed by atoms with Gasteiger partial charge in [-0.05, 0) is 61.1 Å². The van der Waals surface area contributed by atoms with E-state index in [0.29, 0.717) is 11.6 Å². The van der Waals surface area contributed by atoms with Gasteiger partial charge in [0.2, 0.25) is 0 Å². The summed E-state index contributed by atoms with van der Waals surface area (Å²) in [6.45, 7) is 5.65. The molecule has 0 amide bonds. The maximum absolute atomic E-state index is 9.02. The highest BCUT2D eigenvalue weighted by Gasteiger charge is 2.29. The monoisotopic (exact) mass is 370 g/mol. The third-order valence-corrected chi connectivity index (χ3v) is 6.82. The number of aromatic nitrogens is 2. The highest BCUT2D eigenvalue weighted by Crippen LogP contribution is 2.33. The Bertz CT molecular complexity index is 1040. The van der Waals surface area contributed by atoms with Crippen molar-refractivity contribution in [1.82, 2.24) is 14.5 Å². The Kier molecular flexibility index (Phi) is 4.41.